The first-order chi connectivity index (χ1) is 10.2. The molecule has 21 heavy (non-hydrogen) atoms. The van der Waals surface area contributed by atoms with Crippen molar-refractivity contribution in [2.75, 3.05) is 13.1 Å². The highest BCUT2D eigenvalue weighted by molar-refractivity contribution is 5.95. The van der Waals surface area contributed by atoms with Gasteiger partial charge in [0, 0.05) is 17.5 Å². The zero-order valence-electron chi connectivity index (χ0n) is 12.4. The van der Waals surface area contributed by atoms with E-state index >= 15 is 0 Å². The van der Waals surface area contributed by atoms with Gasteiger partial charge in [0.15, 0.2) is 0 Å². The molecular formula is C17H21NO3. The lowest BCUT2D eigenvalue weighted by Crippen LogP contribution is -2.28. The van der Waals surface area contributed by atoms with Crippen LogP contribution in [0.25, 0.3) is 11.0 Å². The van der Waals surface area contributed by atoms with Crippen molar-refractivity contribution in [3.8, 4) is 0 Å². The van der Waals surface area contributed by atoms with Crippen LogP contribution in [0.2, 0.25) is 0 Å². The van der Waals surface area contributed by atoms with Crippen LogP contribution in [0.4, 0.5) is 0 Å². The summed E-state index contributed by atoms with van der Waals surface area (Å²) >= 11 is 0. The van der Waals surface area contributed by atoms with E-state index in [0.717, 1.165) is 30.6 Å². The molecule has 1 aliphatic rings. The summed E-state index contributed by atoms with van der Waals surface area (Å²) in [4.78, 5) is 13.7. The summed E-state index contributed by atoms with van der Waals surface area (Å²) in [5.74, 6) is -0.900. The van der Waals surface area contributed by atoms with Crippen LogP contribution in [0.15, 0.2) is 22.6 Å². The SMILES string of the molecule is CCc1c(C(=O)O)oc2cc(CN3CCCCC3)ccc12. The lowest BCUT2D eigenvalue weighted by molar-refractivity contribution is 0.0663. The molecule has 0 aliphatic carbocycles. The second kappa shape index (κ2) is 5.90. The van der Waals surface area contributed by atoms with Crippen molar-refractivity contribution in [3.63, 3.8) is 0 Å². The fourth-order valence-electron chi connectivity index (χ4n) is 3.19. The molecular weight excluding hydrogens is 266 g/mol. The molecule has 4 heteroatoms. The van der Waals surface area contributed by atoms with Crippen molar-refractivity contribution in [1.29, 1.82) is 0 Å². The van der Waals surface area contributed by atoms with Crippen LogP contribution in [0, 0.1) is 0 Å². The largest absolute Gasteiger partial charge is 0.475 e. The highest BCUT2D eigenvalue weighted by Crippen LogP contribution is 2.28. The standard InChI is InChI=1S/C17H21NO3/c1-2-13-14-7-6-12(11-18-8-4-3-5-9-18)10-15(14)21-16(13)17(19)20/h6-7,10H,2-5,8-9,11H2,1H3,(H,19,20). The molecule has 0 spiro atoms. The maximum absolute atomic E-state index is 11.3. The molecule has 0 amide bonds. The molecule has 0 unspecified atom stereocenters. The topological polar surface area (TPSA) is 53.7 Å². The zero-order valence-corrected chi connectivity index (χ0v) is 12.4. The Bertz CT molecular complexity index is 653. The quantitative estimate of drug-likeness (QED) is 0.932. The zero-order chi connectivity index (χ0) is 14.8. The van der Waals surface area contributed by atoms with Gasteiger partial charge < -0.3 is 9.52 Å². The van der Waals surface area contributed by atoms with Crippen molar-refractivity contribution in [2.24, 2.45) is 0 Å². The number of carboxylic acids is 1. The predicted molar refractivity (Wildman–Crippen MR) is 81.7 cm³/mol. The summed E-state index contributed by atoms with van der Waals surface area (Å²) in [5, 5.41) is 10.2. The molecule has 0 radical (unpaired) electrons. The maximum atomic E-state index is 11.3. The molecule has 1 aliphatic heterocycles. The fourth-order valence-corrected chi connectivity index (χ4v) is 3.19. The summed E-state index contributed by atoms with van der Waals surface area (Å²) in [5.41, 5.74) is 2.68. The third-order valence-corrected chi connectivity index (χ3v) is 4.26. The van der Waals surface area contributed by atoms with Crippen LogP contribution in [-0.4, -0.2) is 29.1 Å². The number of carbonyl (C=O) groups is 1. The summed E-state index contributed by atoms with van der Waals surface area (Å²) in [6.45, 7) is 5.17. The van der Waals surface area contributed by atoms with E-state index in [1.54, 1.807) is 0 Å². The van der Waals surface area contributed by atoms with E-state index in [2.05, 4.69) is 11.0 Å². The minimum Gasteiger partial charge on any atom is -0.475 e. The number of benzene rings is 1. The lowest BCUT2D eigenvalue weighted by atomic mass is 10.1. The Morgan fingerprint density at radius 2 is 2.05 bits per heavy atom. The van der Waals surface area contributed by atoms with E-state index < -0.39 is 5.97 Å². The maximum Gasteiger partial charge on any atom is 0.372 e. The van der Waals surface area contributed by atoms with Gasteiger partial charge in [-0.05, 0) is 44.0 Å². The average molecular weight is 287 g/mol. The number of piperidine rings is 1. The highest BCUT2D eigenvalue weighted by Gasteiger charge is 2.19. The van der Waals surface area contributed by atoms with Gasteiger partial charge in [0.2, 0.25) is 5.76 Å². The van der Waals surface area contributed by atoms with Gasteiger partial charge in [0.1, 0.15) is 5.58 Å². The van der Waals surface area contributed by atoms with Crippen LogP contribution in [0.3, 0.4) is 0 Å². The van der Waals surface area contributed by atoms with Crippen molar-refractivity contribution in [3.05, 3.63) is 35.1 Å². The average Bonchev–Trinajstić information content (AvgIpc) is 2.86. The Morgan fingerprint density at radius 1 is 1.29 bits per heavy atom. The van der Waals surface area contributed by atoms with Gasteiger partial charge in [-0.25, -0.2) is 4.79 Å². The van der Waals surface area contributed by atoms with E-state index in [-0.39, 0.29) is 5.76 Å². The minimum atomic E-state index is -0.986. The second-order valence-corrected chi connectivity index (χ2v) is 5.74. The Balaban J connectivity index is 1.90. The first kappa shape index (κ1) is 14.1. The van der Waals surface area contributed by atoms with Gasteiger partial charge in [-0.3, -0.25) is 4.90 Å². The smallest absolute Gasteiger partial charge is 0.372 e. The highest BCUT2D eigenvalue weighted by atomic mass is 16.4. The molecule has 1 saturated heterocycles. The first-order valence-electron chi connectivity index (χ1n) is 7.69. The minimum absolute atomic E-state index is 0.0858. The molecule has 2 aromatic rings. The molecule has 4 nitrogen and oxygen atoms in total. The Kier molecular flexibility index (Phi) is 3.97. The van der Waals surface area contributed by atoms with E-state index in [1.165, 1.54) is 24.8 Å². The molecule has 1 fully saturated rings. The number of hydrogen-bond donors (Lipinski definition) is 1. The van der Waals surface area contributed by atoms with Crippen LogP contribution >= 0.6 is 0 Å². The Hall–Kier alpha value is -1.81. The summed E-state index contributed by atoms with van der Waals surface area (Å²) < 4.78 is 5.56. The van der Waals surface area contributed by atoms with Crippen LogP contribution in [0.5, 0.6) is 0 Å². The van der Waals surface area contributed by atoms with Gasteiger partial charge >= 0.3 is 5.97 Å². The molecule has 1 aromatic carbocycles. The van der Waals surface area contributed by atoms with E-state index in [1.807, 2.05) is 19.1 Å². The van der Waals surface area contributed by atoms with Crippen molar-refractivity contribution in [2.45, 2.75) is 39.2 Å². The molecule has 1 aromatic heterocycles. The number of hydrogen-bond acceptors (Lipinski definition) is 3. The predicted octanol–water partition coefficient (Wildman–Crippen LogP) is 3.68. The number of nitrogens with zero attached hydrogens (tertiary/aromatic N) is 1. The van der Waals surface area contributed by atoms with E-state index in [4.69, 9.17) is 4.42 Å². The third kappa shape index (κ3) is 2.81. The lowest BCUT2D eigenvalue weighted by Gasteiger charge is -2.26. The first-order valence-corrected chi connectivity index (χ1v) is 7.69. The van der Waals surface area contributed by atoms with E-state index in [0.29, 0.717) is 12.0 Å². The molecule has 0 saturated carbocycles. The number of rotatable bonds is 4. The normalized spacial score (nSPS) is 16.4. The monoisotopic (exact) mass is 287 g/mol. The van der Waals surface area contributed by atoms with Gasteiger partial charge in [-0.1, -0.05) is 25.5 Å². The third-order valence-electron chi connectivity index (χ3n) is 4.26. The molecule has 3 rings (SSSR count). The van der Waals surface area contributed by atoms with Crippen LogP contribution < -0.4 is 0 Å². The molecule has 0 atom stereocenters. The molecule has 112 valence electrons. The van der Waals surface area contributed by atoms with Crippen LogP contribution in [0.1, 0.15) is 47.9 Å². The fraction of sp³-hybridized carbons (Fsp3) is 0.471. The van der Waals surface area contributed by atoms with Gasteiger partial charge in [0.25, 0.3) is 0 Å². The number of furan rings is 1. The van der Waals surface area contributed by atoms with Crippen molar-refractivity contribution >= 4 is 16.9 Å². The molecule has 0 bridgehead atoms. The number of fused-ring (bicyclic) bond motifs is 1. The van der Waals surface area contributed by atoms with Crippen molar-refractivity contribution < 1.29 is 14.3 Å². The van der Waals surface area contributed by atoms with Gasteiger partial charge in [-0.15, -0.1) is 0 Å². The van der Waals surface area contributed by atoms with E-state index in [9.17, 15) is 9.90 Å². The Morgan fingerprint density at radius 3 is 2.71 bits per heavy atom. The van der Waals surface area contributed by atoms with Gasteiger partial charge in [-0.2, -0.15) is 0 Å². The molecule has 1 N–H and O–H groups in total. The summed E-state index contributed by atoms with van der Waals surface area (Å²) in [7, 11) is 0. The number of aromatic carboxylic acids is 1. The van der Waals surface area contributed by atoms with Gasteiger partial charge in [0.05, 0.1) is 0 Å². The second-order valence-electron chi connectivity index (χ2n) is 5.74. The number of aryl methyl sites for hydroxylation is 1. The van der Waals surface area contributed by atoms with Crippen LogP contribution in [-0.2, 0) is 13.0 Å². The summed E-state index contributed by atoms with van der Waals surface area (Å²) in [6, 6.07) is 6.09. The summed E-state index contributed by atoms with van der Waals surface area (Å²) in [6.07, 6.45) is 4.54. The molecule has 2 heterocycles. The Labute approximate surface area is 124 Å². The number of likely N-dealkylation sites (tertiary alicyclic amines) is 1. The van der Waals surface area contributed by atoms with Crippen molar-refractivity contribution in [1.82, 2.24) is 4.90 Å². The number of carboxylic acid groups (broad SMARTS) is 1.